The van der Waals surface area contributed by atoms with Crippen LogP contribution in [0.25, 0.3) is 0 Å². The fraction of sp³-hybridized carbons (Fsp3) is 0.444. The molecule has 76 valence electrons. The van der Waals surface area contributed by atoms with Gasteiger partial charge in [-0.3, -0.25) is 9.54 Å². The Morgan fingerprint density at radius 1 is 1.57 bits per heavy atom. The van der Waals surface area contributed by atoms with Crippen LogP contribution in [0.3, 0.4) is 0 Å². The second-order valence-corrected chi connectivity index (χ2v) is 4.21. The van der Waals surface area contributed by atoms with Crippen LogP contribution < -0.4 is 0 Å². The van der Waals surface area contributed by atoms with Crippen molar-refractivity contribution in [2.24, 2.45) is 0 Å². The van der Waals surface area contributed by atoms with Gasteiger partial charge >= 0.3 is 0 Å². The summed E-state index contributed by atoms with van der Waals surface area (Å²) < 4.78 is 21.6. The summed E-state index contributed by atoms with van der Waals surface area (Å²) in [6.45, 7) is 0.671. The van der Waals surface area contributed by atoms with E-state index in [4.69, 9.17) is 4.55 Å². The van der Waals surface area contributed by atoms with Gasteiger partial charge in [0.25, 0.3) is 0 Å². The van der Waals surface area contributed by atoms with Crippen molar-refractivity contribution in [3.8, 4) is 0 Å². The molecule has 0 radical (unpaired) electrons. The van der Waals surface area contributed by atoms with Crippen molar-refractivity contribution in [2.75, 3.05) is 6.54 Å². The second kappa shape index (κ2) is 4.16. The van der Waals surface area contributed by atoms with Gasteiger partial charge in [0.1, 0.15) is 0 Å². The molecule has 1 aromatic heterocycles. The van der Waals surface area contributed by atoms with Crippen LogP contribution in [0.4, 0.5) is 0 Å². The molecule has 1 fully saturated rings. The van der Waals surface area contributed by atoms with Crippen molar-refractivity contribution in [2.45, 2.75) is 18.9 Å². The lowest BCUT2D eigenvalue weighted by Gasteiger charge is -2.18. The van der Waals surface area contributed by atoms with Gasteiger partial charge in [0.2, 0.25) is 11.3 Å². The third-order valence-electron chi connectivity index (χ3n) is 2.43. The first-order valence-electron chi connectivity index (χ1n) is 4.57. The summed E-state index contributed by atoms with van der Waals surface area (Å²) in [5, 5.41) is 0. The lowest BCUT2D eigenvalue weighted by Crippen LogP contribution is -2.25. The minimum Gasteiger partial charge on any atom is -0.294 e. The van der Waals surface area contributed by atoms with Gasteiger partial charge in [-0.2, -0.15) is 4.31 Å². The van der Waals surface area contributed by atoms with Gasteiger partial charge < -0.3 is 0 Å². The molecule has 0 saturated carbocycles. The smallest absolute Gasteiger partial charge is 0.235 e. The first-order chi connectivity index (χ1) is 6.79. The Kier molecular flexibility index (Phi) is 2.90. The third-order valence-corrected chi connectivity index (χ3v) is 3.27. The highest BCUT2D eigenvalue weighted by Gasteiger charge is 2.30. The van der Waals surface area contributed by atoms with Gasteiger partial charge in [0.05, 0.1) is 11.7 Å². The maximum absolute atomic E-state index is 11.0. The lowest BCUT2D eigenvalue weighted by molar-refractivity contribution is 0.378. The molecule has 4 nitrogen and oxygen atoms in total. The molecule has 1 aliphatic heterocycles. The third kappa shape index (κ3) is 1.84. The Morgan fingerprint density at radius 2 is 2.43 bits per heavy atom. The van der Waals surface area contributed by atoms with Gasteiger partial charge in [-0.05, 0) is 25.0 Å². The van der Waals surface area contributed by atoms with Crippen LogP contribution in [0.15, 0.2) is 24.4 Å². The topological polar surface area (TPSA) is 53.4 Å². The predicted molar refractivity (Wildman–Crippen MR) is 53.7 cm³/mol. The van der Waals surface area contributed by atoms with E-state index in [1.807, 2.05) is 18.2 Å². The first kappa shape index (κ1) is 9.76. The summed E-state index contributed by atoms with van der Waals surface area (Å²) in [5.74, 6) is 0. The van der Waals surface area contributed by atoms with Crippen LogP contribution in [0.1, 0.15) is 24.6 Å². The number of rotatable bonds is 2. The van der Waals surface area contributed by atoms with Crippen molar-refractivity contribution in [1.82, 2.24) is 9.29 Å². The van der Waals surface area contributed by atoms with Gasteiger partial charge in [-0.15, -0.1) is 0 Å². The van der Waals surface area contributed by atoms with E-state index < -0.39 is 11.3 Å². The van der Waals surface area contributed by atoms with Gasteiger partial charge in [-0.25, -0.2) is 4.21 Å². The summed E-state index contributed by atoms with van der Waals surface area (Å²) in [5.41, 5.74) is 0.882. The van der Waals surface area contributed by atoms with E-state index in [2.05, 4.69) is 4.98 Å². The fourth-order valence-corrected chi connectivity index (χ4v) is 2.51. The SMILES string of the molecule is O=S(O)N1CCCC1c1ccccn1. The number of nitrogens with zero attached hydrogens (tertiary/aromatic N) is 2. The summed E-state index contributed by atoms with van der Waals surface area (Å²) in [6.07, 6.45) is 3.57. The first-order valence-corrected chi connectivity index (χ1v) is 5.64. The summed E-state index contributed by atoms with van der Waals surface area (Å²) in [7, 11) is 0. The van der Waals surface area contributed by atoms with Crippen LogP contribution in [-0.2, 0) is 11.3 Å². The largest absolute Gasteiger partial charge is 0.294 e. The normalized spacial score (nSPS) is 25.1. The number of hydrogen-bond acceptors (Lipinski definition) is 2. The molecule has 1 saturated heterocycles. The van der Waals surface area contributed by atoms with Gasteiger partial charge in [0, 0.05) is 12.7 Å². The molecule has 1 aromatic rings. The molecule has 2 heterocycles. The Hall–Kier alpha value is -0.780. The Balaban J connectivity index is 2.22. The Bertz CT molecular complexity index is 331. The van der Waals surface area contributed by atoms with Crippen LogP contribution in [0.5, 0.6) is 0 Å². The van der Waals surface area contributed by atoms with E-state index in [1.165, 1.54) is 0 Å². The average Bonchev–Trinajstić information content (AvgIpc) is 2.67. The Morgan fingerprint density at radius 3 is 3.07 bits per heavy atom. The molecular weight excluding hydrogens is 200 g/mol. The van der Waals surface area contributed by atoms with E-state index in [1.54, 1.807) is 10.5 Å². The standard InChI is InChI=1S/C9H12N2O2S/c12-14(13)11-7-3-5-9(11)8-4-1-2-6-10-8/h1-2,4,6,9H,3,5,7H2,(H,12,13). The van der Waals surface area contributed by atoms with Crippen LogP contribution >= 0.6 is 0 Å². The molecule has 0 spiro atoms. The monoisotopic (exact) mass is 212 g/mol. The lowest BCUT2D eigenvalue weighted by atomic mass is 10.1. The average molecular weight is 212 g/mol. The van der Waals surface area contributed by atoms with Crippen molar-refractivity contribution in [1.29, 1.82) is 0 Å². The minimum atomic E-state index is -1.88. The maximum atomic E-state index is 11.0. The number of pyridine rings is 1. The van der Waals surface area contributed by atoms with Gasteiger partial charge in [0.15, 0.2) is 0 Å². The van der Waals surface area contributed by atoms with Crippen LogP contribution in [-0.4, -0.2) is 24.6 Å². The molecule has 2 rings (SSSR count). The molecule has 2 unspecified atom stereocenters. The van der Waals surface area contributed by atoms with E-state index in [0.29, 0.717) is 6.54 Å². The minimum absolute atomic E-state index is 0.00188. The Labute approximate surface area is 85.4 Å². The van der Waals surface area contributed by atoms with Crippen LogP contribution in [0.2, 0.25) is 0 Å². The molecule has 0 aliphatic carbocycles. The quantitative estimate of drug-likeness (QED) is 0.753. The second-order valence-electron chi connectivity index (χ2n) is 3.28. The highest BCUT2D eigenvalue weighted by atomic mass is 32.2. The zero-order valence-electron chi connectivity index (χ0n) is 7.67. The molecular formula is C9H12N2O2S. The maximum Gasteiger partial charge on any atom is 0.235 e. The number of aromatic nitrogens is 1. The van der Waals surface area contributed by atoms with E-state index in [9.17, 15) is 4.21 Å². The summed E-state index contributed by atoms with van der Waals surface area (Å²) >= 11 is -1.88. The zero-order chi connectivity index (χ0) is 9.97. The van der Waals surface area contributed by atoms with Crippen molar-refractivity contribution >= 4 is 11.3 Å². The summed E-state index contributed by atoms with van der Waals surface area (Å²) in [6, 6.07) is 5.65. The molecule has 1 aliphatic rings. The van der Waals surface area contributed by atoms with E-state index in [0.717, 1.165) is 18.5 Å². The molecule has 0 amide bonds. The molecule has 0 bridgehead atoms. The molecule has 14 heavy (non-hydrogen) atoms. The zero-order valence-corrected chi connectivity index (χ0v) is 8.48. The molecule has 0 aromatic carbocycles. The van der Waals surface area contributed by atoms with Crippen molar-refractivity contribution in [3.63, 3.8) is 0 Å². The van der Waals surface area contributed by atoms with Crippen molar-refractivity contribution in [3.05, 3.63) is 30.1 Å². The fourth-order valence-electron chi connectivity index (χ4n) is 1.80. The van der Waals surface area contributed by atoms with Crippen molar-refractivity contribution < 1.29 is 8.76 Å². The molecule has 1 N–H and O–H groups in total. The highest BCUT2D eigenvalue weighted by molar-refractivity contribution is 7.76. The van der Waals surface area contributed by atoms with Gasteiger partial charge in [-0.1, -0.05) is 6.07 Å². The molecule has 2 atom stereocenters. The molecule has 5 heteroatoms. The van der Waals surface area contributed by atoms with Crippen LogP contribution in [0, 0.1) is 0 Å². The summed E-state index contributed by atoms with van der Waals surface area (Å²) in [4.78, 5) is 4.21. The van der Waals surface area contributed by atoms with E-state index in [-0.39, 0.29) is 6.04 Å². The highest BCUT2D eigenvalue weighted by Crippen LogP contribution is 2.30. The van der Waals surface area contributed by atoms with E-state index >= 15 is 0 Å². The number of hydrogen-bond donors (Lipinski definition) is 1. The predicted octanol–water partition coefficient (Wildman–Crippen LogP) is 1.36.